The summed E-state index contributed by atoms with van der Waals surface area (Å²) in [7, 11) is 0. The fourth-order valence-electron chi connectivity index (χ4n) is 2.88. The van der Waals surface area contributed by atoms with E-state index in [0.29, 0.717) is 25.1 Å². The van der Waals surface area contributed by atoms with Crippen molar-refractivity contribution in [3.63, 3.8) is 0 Å². The number of aromatic nitrogens is 1. The molecule has 1 amide bonds. The molecule has 1 aliphatic heterocycles. The van der Waals surface area contributed by atoms with Crippen LogP contribution in [0, 0.1) is 6.92 Å². The molecule has 0 bridgehead atoms. The van der Waals surface area contributed by atoms with E-state index in [1.807, 2.05) is 31.2 Å². The molecule has 2 aromatic rings. The number of aryl methyl sites for hydroxylation is 1. The molecular formula is C17H18N2O4. The van der Waals surface area contributed by atoms with E-state index in [-0.39, 0.29) is 5.76 Å². The third-order valence-corrected chi connectivity index (χ3v) is 4.42. The number of nitrogens with zero attached hydrogens (tertiary/aromatic N) is 2. The van der Waals surface area contributed by atoms with Crippen LogP contribution in [0.15, 0.2) is 34.9 Å². The number of carboxylic acids is 1. The third-order valence-electron chi connectivity index (χ3n) is 4.42. The van der Waals surface area contributed by atoms with Crippen molar-refractivity contribution in [3.8, 4) is 11.3 Å². The summed E-state index contributed by atoms with van der Waals surface area (Å²) < 4.78 is 5.16. The van der Waals surface area contributed by atoms with Gasteiger partial charge in [-0.05, 0) is 26.7 Å². The van der Waals surface area contributed by atoms with Crippen molar-refractivity contribution in [2.75, 3.05) is 6.54 Å². The van der Waals surface area contributed by atoms with Crippen molar-refractivity contribution in [1.82, 2.24) is 10.1 Å². The number of benzene rings is 1. The monoisotopic (exact) mass is 314 g/mol. The first-order valence-electron chi connectivity index (χ1n) is 7.51. The molecule has 0 spiro atoms. The lowest BCUT2D eigenvalue weighted by Gasteiger charge is -2.30. The van der Waals surface area contributed by atoms with Gasteiger partial charge in [0.05, 0.1) is 0 Å². The van der Waals surface area contributed by atoms with E-state index in [0.717, 1.165) is 11.1 Å². The highest BCUT2D eigenvalue weighted by atomic mass is 16.5. The zero-order chi connectivity index (χ0) is 16.6. The maximum absolute atomic E-state index is 12.6. The summed E-state index contributed by atoms with van der Waals surface area (Å²) in [5, 5.41) is 13.3. The molecule has 1 saturated heterocycles. The first-order valence-corrected chi connectivity index (χ1v) is 7.51. The second kappa shape index (κ2) is 5.53. The van der Waals surface area contributed by atoms with Crippen molar-refractivity contribution >= 4 is 11.9 Å². The predicted molar refractivity (Wildman–Crippen MR) is 83.0 cm³/mol. The number of hydrogen-bond acceptors (Lipinski definition) is 4. The van der Waals surface area contributed by atoms with Gasteiger partial charge in [0.2, 0.25) is 5.76 Å². The Morgan fingerprint density at radius 2 is 2.00 bits per heavy atom. The molecular weight excluding hydrogens is 296 g/mol. The van der Waals surface area contributed by atoms with Crippen LogP contribution in [0.2, 0.25) is 0 Å². The molecule has 2 heterocycles. The van der Waals surface area contributed by atoms with Crippen LogP contribution in [-0.4, -0.2) is 39.1 Å². The molecule has 23 heavy (non-hydrogen) atoms. The quantitative estimate of drug-likeness (QED) is 0.941. The van der Waals surface area contributed by atoms with E-state index in [1.165, 1.54) is 4.90 Å². The summed E-state index contributed by atoms with van der Waals surface area (Å²) >= 11 is 0. The van der Waals surface area contributed by atoms with Gasteiger partial charge in [0, 0.05) is 18.2 Å². The minimum atomic E-state index is -1.19. The van der Waals surface area contributed by atoms with Gasteiger partial charge in [0.25, 0.3) is 5.91 Å². The Bertz CT molecular complexity index is 750. The largest absolute Gasteiger partial charge is 0.480 e. The summed E-state index contributed by atoms with van der Waals surface area (Å²) in [4.78, 5) is 25.4. The number of rotatable bonds is 3. The number of carbonyl (C=O) groups is 2. The Hall–Kier alpha value is -2.63. The van der Waals surface area contributed by atoms with Crippen LogP contribution < -0.4 is 0 Å². The first-order chi connectivity index (χ1) is 10.9. The van der Waals surface area contributed by atoms with Gasteiger partial charge in [-0.3, -0.25) is 4.79 Å². The SMILES string of the molecule is Cc1ccc(-c2cc(C(=O)N3CCCC3(C)C(=O)O)on2)cc1. The Morgan fingerprint density at radius 1 is 1.30 bits per heavy atom. The van der Waals surface area contributed by atoms with Gasteiger partial charge in [-0.1, -0.05) is 35.0 Å². The fourth-order valence-corrected chi connectivity index (χ4v) is 2.88. The number of carbonyl (C=O) groups excluding carboxylic acids is 1. The molecule has 1 aromatic heterocycles. The van der Waals surface area contributed by atoms with Gasteiger partial charge in [0.15, 0.2) is 0 Å². The summed E-state index contributed by atoms with van der Waals surface area (Å²) in [5.74, 6) is -1.37. The molecule has 1 N–H and O–H groups in total. The van der Waals surface area contributed by atoms with Crippen molar-refractivity contribution in [2.24, 2.45) is 0 Å². The number of carboxylic acid groups (broad SMARTS) is 1. The molecule has 120 valence electrons. The highest BCUT2D eigenvalue weighted by Gasteiger charge is 2.46. The molecule has 6 nitrogen and oxygen atoms in total. The van der Waals surface area contributed by atoms with Crippen molar-refractivity contribution < 1.29 is 19.2 Å². The van der Waals surface area contributed by atoms with E-state index in [4.69, 9.17) is 4.52 Å². The van der Waals surface area contributed by atoms with Crippen LogP contribution in [0.25, 0.3) is 11.3 Å². The van der Waals surface area contributed by atoms with Crippen LogP contribution >= 0.6 is 0 Å². The van der Waals surface area contributed by atoms with Gasteiger partial charge in [-0.15, -0.1) is 0 Å². The molecule has 0 aliphatic carbocycles. The zero-order valence-corrected chi connectivity index (χ0v) is 13.1. The van der Waals surface area contributed by atoms with Crippen molar-refractivity contribution in [1.29, 1.82) is 0 Å². The zero-order valence-electron chi connectivity index (χ0n) is 13.1. The second-order valence-electron chi connectivity index (χ2n) is 6.08. The van der Waals surface area contributed by atoms with E-state index < -0.39 is 17.4 Å². The molecule has 1 fully saturated rings. The first kappa shape index (κ1) is 15.3. The third kappa shape index (κ3) is 2.60. The summed E-state index contributed by atoms with van der Waals surface area (Å²) in [6, 6.07) is 9.27. The minimum Gasteiger partial charge on any atom is -0.480 e. The fraction of sp³-hybridized carbons (Fsp3) is 0.353. The van der Waals surface area contributed by atoms with Crippen LogP contribution in [0.3, 0.4) is 0 Å². The Labute approximate surface area is 133 Å². The topological polar surface area (TPSA) is 83.6 Å². The molecule has 1 aliphatic rings. The molecule has 3 rings (SSSR count). The van der Waals surface area contributed by atoms with E-state index in [1.54, 1.807) is 13.0 Å². The van der Waals surface area contributed by atoms with E-state index in [9.17, 15) is 14.7 Å². The average molecular weight is 314 g/mol. The number of aliphatic carboxylic acids is 1. The number of hydrogen-bond donors (Lipinski definition) is 1. The smallest absolute Gasteiger partial charge is 0.329 e. The van der Waals surface area contributed by atoms with Gasteiger partial charge in [-0.2, -0.15) is 0 Å². The molecule has 1 atom stereocenters. The maximum Gasteiger partial charge on any atom is 0.329 e. The number of amides is 1. The lowest BCUT2D eigenvalue weighted by Crippen LogP contribution is -2.50. The molecule has 1 aromatic carbocycles. The molecule has 0 radical (unpaired) electrons. The standard InChI is InChI=1S/C17H18N2O4/c1-11-4-6-12(7-5-11)13-10-14(23-18-13)15(20)19-9-3-8-17(19,2)16(21)22/h4-7,10H,3,8-9H2,1-2H3,(H,21,22). The molecule has 6 heteroatoms. The maximum atomic E-state index is 12.6. The van der Waals surface area contributed by atoms with Gasteiger partial charge < -0.3 is 14.5 Å². The summed E-state index contributed by atoms with van der Waals surface area (Å²) in [6.07, 6.45) is 1.10. The van der Waals surface area contributed by atoms with Crippen molar-refractivity contribution in [3.05, 3.63) is 41.7 Å². The highest BCUT2D eigenvalue weighted by Crippen LogP contribution is 2.31. The second-order valence-corrected chi connectivity index (χ2v) is 6.08. The van der Waals surface area contributed by atoms with Crippen LogP contribution in [0.1, 0.15) is 35.9 Å². The van der Waals surface area contributed by atoms with Gasteiger partial charge in [-0.25, -0.2) is 4.79 Å². The Morgan fingerprint density at radius 3 is 2.65 bits per heavy atom. The van der Waals surface area contributed by atoms with E-state index in [2.05, 4.69) is 5.16 Å². The predicted octanol–water partition coefficient (Wildman–Crippen LogP) is 2.73. The molecule has 1 unspecified atom stereocenters. The van der Waals surface area contributed by atoms with Gasteiger partial charge >= 0.3 is 5.97 Å². The lowest BCUT2D eigenvalue weighted by molar-refractivity contribution is -0.147. The summed E-state index contributed by atoms with van der Waals surface area (Å²) in [5.41, 5.74) is 1.35. The Kier molecular flexibility index (Phi) is 3.67. The highest BCUT2D eigenvalue weighted by molar-refractivity contribution is 5.96. The van der Waals surface area contributed by atoms with E-state index >= 15 is 0 Å². The Balaban J connectivity index is 1.87. The number of likely N-dealkylation sites (tertiary alicyclic amines) is 1. The van der Waals surface area contributed by atoms with Crippen molar-refractivity contribution in [2.45, 2.75) is 32.2 Å². The average Bonchev–Trinajstić information content (AvgIpc) is 3.15. The minimum absolute atomic E-state index is 0.0648. The van der Waals surface area contributed by atoms with Crippen LogP contribution in [0.5, 0.6) is 0 Å². The van der Waals surface area contributed by atoms with Gasteiger partial charge in [0.1, 0.15) is 11.2 Å². The normalized spacial score (nSPS) is 20.7. The van der Waals surface area contributed by atoms with Crippen LogP contribution in [0.4, 0.5) is 0 Å². The van der Waals surface area contributed by atoms with Crippen LogP contribution in [-0.2, 0) is 4.79 Å². The summed E-state index contributed by atoms with van der Waals surface area (Å²) in [6.45, 7) is 3.96. The molecule has 0 saturated carbocycles. The lowest BCUT2D eigenvalue weighted by atomic mass is 9.99.